The summed E-state index contributed by atoms with van der Waals surface area (Å²) < 4.78 is 5.55. The van der Waals surface area contributed by atoms with Gasteiger partial charge in [0, 0.05) is 0 Å². The van der Waals surface area contributed by atoms with E-state index in [-0.39, 0.29) is 0 Å². The molecule has 0 aliphatic carbocycles. The second kappa shape index (κ2) is 8.15. The highest BCUT2D eigenvalue weighted by Gasteiger charge is 2.18. The molecule has 0 amide bonds. The molecular weight excluding hydrogens is 222 g/mol. The number of piperidine rings is 1. The number of rotatable bonds is 3. The van der Waals surface area contributed by atoms with Gasteiger partial charge >= 0.3 is 0 Å². The third kappa shape index (κ3) is 4.34. The summed E-state index contributed by atoms with van der Waals surface area (Å²) in [6.07, 6.45) is 2.54. The fraction of sp³-hybridized carbons (Fsp3) is 0.625. The van der Waals surface area contributed by atoms with Crippen molar-refractivity contribution in [1.29, 1.82) is 0 Å². The Labute approximate surface area is 112 Å². The van der Waals surface area contributed by atoms with E-state index in [1.165, 1.54) is 31.5 Å². The van der Waals surface area contributed by atoms with Crippen LogP contribution >= 0.6 is 0 Å². The van der Waals surface area contributed by atoms with Gasteiger partial charge in [0.2, 0.25) is 0 Å². The predicted molar refractivity (Wildman–Crippen MR) is 78.4 cm³/mol. The molecule has 1 saturated heterocycles. The molecule has 1 aromatic carbocycles. The molecule has 18 heavy (non-hydrogen) atoms. The first-order chi connectivity index (χ1) is 8.79. The summed E-state index contributed by atoms with van der Waals surface area (Å²) in [7, 11) is 2.20. The zero-order valence-electron chi connectivity index (χ0n) is 12.3. The van der Waals surface area contributed by atoms with Crippen LogP contribution < -0.4 is 4.74 Å². The first-order valence-corrected chi connectivity index (χ1v) is 7.21. The molecule has 0 N–H and O–H groups in total. The zero-order valence-corrected chi connectivity index (χ0v) is 12.3. The summed E-state index contributed by atoms with van der Waals surface area (Å²) in [6, 6.07) is 8.60. The first-order valence-electron chi connectivity index (χ1n) is 7.21. The summed E-state index contributed by atoms with van der Waals surface area (Å²) in [5.41, 5.74) is 1.44. The van der Waals surface area contributed by atoms with Crippen LogP contribution in [0.2, 0.25) is 0 Å². The number of likely N-dealkylation sites (tertiary alicyclic amines) is 1. The lowest BCUT2D eigenvalue weighted by atomic mass is 9.89. The van der Waals surface area contributed by atoms with Crippen LogP contribution in [0.15, 0.2) is 24.3 Å². The maximum absolute atomic E-state index is 5.55. The molecular formula is C16H27NO. The smallest absolute Gasteiger partial charge is 0.119 e. The Balaban J connectivity index is 0.000000771. The Morgan fingerprint density at radius 2 is 1.89 bits per heavy atom. The number of hydrogen-bond acceptors (Lipinski definition) is 2. The lowest BCUT2D eigenvalue weighted by molar-refractivity contribution is 0.255. The van der Waals surface area contributed by atoms with Crippen LogP contribution in [-0.2, 0) is 0 Å². The fourth-order valence-electron chi connectivity index (χ4n) is 2.37. The van der Waals surface area contributed by atoms with E-state index in [0.29, 0.717) is 0 Å². The highest BCUT2D eigenvalue weighted by molar-refractivity contribution is 5.31. The maximum Gasteiger partial charge on any atom is 0.119 e. The van der Waals surface area contributed by atoms with Gasteiger partial charge in [-0.3, -0.25) is 0 Å². The van der Waals surface area contributed by atoms with Crippen molar-refractivity contribution in [3.8, 4) is 5.75 Å². The quantitative estimate of drug-likeness (QED) is 0.805. The van der Waals surface area contributed by atoms with Gasteiger partial charge in [0.05, 0.1) is 6.61 Å². The summed E-state index contributed by atoms with van der Waals surface area (Å²) >= 11 is 0. The summed E-state index contributed by atoms with van der Waals surface area (Å²) in [4.78, 5) is 2.41. The molecule has 2 rings (SSSR count). The molecule has 2 nitrogen and oxygen atoms in total. The van der Waals surface area contributed by atoms with Gasteiger partial charge in [-0.05, 0) is 63.5 Å². The van der Waals surface area contributed by atoms with Crippen LogP contribution in [0.5, 0.6) is 5.75 Å². The van der Waals surface area contributed by atoms with E-state index in [1.54, 1.807) is 0 Å². The molecule has 0 unspecified atom stereocenters. The molecule has 2 heteroatoms. The minimum absolute atomic E-state index is 0.719. The van der Waals surface area contributed by atoms with Crippen LogP contribution in [0.25, 0.3) is 0 Å². The molecule has 1 heterocycles. The van der Waals surface area contributed by atoms with E-state index >= 15 is 0 Å². The molecule has 1 aliphatic heterocycles. The van der Waals surface area contributed by atoms with Gasteiger partial charge in [-0.1, -0.05) is 26.0 Å². The van der Waals surface area contributed by atoms with Crippen molar-refractivity contribution >= 4 is 0 Å². The molecule has 0 saturated carbocycles. The van der Waals surface area contributed by atoms with Gasteiger partial charge in [-0.15, -0.1) is 0 Å². The van der Waals surface area contributed by atoms with Crippen molar-refractivity contribution in [1.82, 2.24) is 4.90 Å². The van der Waals surface area contributed by atoms with Gasteiger partial charge in [0.1, 0.15) is 5.75 Å². The minimum Gasteiger partial charge on any atom is -0.494 e. The second-order valence-corrected chi connectivity index (χ2v) is 4.58. The molecule has 0 radical (unpaired) electrons. The Morgan fingerprint density at radius 1 is 1.22 bits per heavy atom. The average molecular weight is 249 g/mol. The largest absolute Gasteiger partial charge is 0.494 e. The van der Waals surface area contributed by atoms with E-state index in [0.717, 1.165) is 18.3 Å². The van der Waals surface area contributed by atoms with Crippen LogP contribution in [-0.4, -0.2) is 31.6 Å². The van der Waals surface area contributed by atoms with Crippen molar-refractivity contribution in [2.75, 3.05) is 26.7 Å². The lowest BCUT2D eigenvalue weighted by Gasteiger charge is -2.29. The van der Waals surface area contributed by atoms with Gasteiger partial charge in [0.15, 0.2) is 0 Å². The molecule has 1 aromatic rings. The van der Waals surface area contributed by atoms with E-state index in [9.17, 15) is 0 Å². The monoisotopic (exact) mass is 249 g/mol. The molecule has 0 spiro atoms. The number of benzene rings is 1. The third-order valence-electron chi connectivity index (χ3n) is 3.36. The average Bonchev–Trinajstić information content (AvgIpc) is 2.43. The van der Waals surface area contributed by atoms with Crippen molar-refractivity contribution < 1.29 is 4.74 Å². The maximum atomic E-state index is 5.55. The molecule has 1 fully saturated rings. The number of nitrogens with zero attached hydrogens (tertiary/aromatic N) is 1. The van der Waals surface area contributed by atoms with Crippen LogP contribution in [0.1, 0.15) is 45.1 Å². The molecule has 0 atom stereocenters. The molecule has 102 valence electrons. The predicted octanol–water partition coefficient (Wildman–Crippen LogP) is 3.92. The minimum atomic E-state index is 0.719. The summed E-state index contributed by atoms with van der Waals surface area (Å²) in [5, 5.41) is 0. The van der Waals surface area contributed by atoms with Crippen molar-refractivity contribution in [3.05, 3.63) is 29.8 Å². The van der Waals surface area contributed by atoms with Crippen LogP contribution in [0.3, 0.4) is 0 Å². The van der Waals surface area contributed by atoms with E-state index in [2.05, 4.69) is 30.1 Å². The molecule has 0 bridgehead atoms. The van der Waals surface area contributed by atoms with Crippen LogP contribution in [0, 0.1) is 0 Å². The van der Waals surface area contributed by atoms with Gasteiger partial charge in [0.25, 0.3) is 0 Å². The SMILES string of the molecule is CC.CCOc1cccc(C2CCN(C)CC2)c1. The zero-order chi connectivity index (χ0) is 13.4. The van der Waals surface area contributed by atoms with Crippen molar-refractivity contribution in [2.24, 2.45) is 0 Å². The van der Waals surface area contributed by atoms with Gasteiger partial charge in [-0.2, -0.15) is 0 Å². The second-order valence-electron chi connectivity index (χ2n) is 4.58. The Hall–Kier alpha value is -1.02. The summed E-state index contributed by atoms with van der Waals surface area (Å²) in [5.74, 6) is 1.73. The topological polar surface area (TPSA) is 12.5 Å². The number of hydrogen-bond donors (Lipinski definition) is 0. The fourth-order valence-corrected chi connectivity index (χ4v) is 2.37. The Morgan fingerprint density at radius 3 is 2.50 bits per heavy atom. The third-order valence-corrected chi connectivity index (χ3v) is 3.36. The standard InChI is InChI=1S/C14H21NO.C2H6/c1-3-16-14-6-4-5-13(11-14)12-7-9-15(2)10-8-12;1-2/h4-6,11-12H,3,7-10H2,1-2H3;1-2H3. The van der Waals surface area contributed by atoms with Crippen molar-refractivity contribution in [3.63, 3.8) is 0 Å². The summed E-state index contributed by atoms with van der Waals surface area (Å²) in [6.45, 7) is 9.20. The lowest BCUT2D eigenvalue weighted by Crippen LogP contribution is -2.29. The molecule has 1 aliphatic rings. The highest BCUT2D eigenvalue weighted by atomic mass is 16.5. The highest BCUT2D eigenvalue weighted by Crippen LogP contribution is 2.29. The Bertz CT molecular complexity index is 330. The van der Waals surface area contributed by atoms with Crippen molar-refractivity contribution in [2.45, 2.75) is 39.5 Å². The first kappa shape index (κ1) is 15.0. The normalized spacial score (nSPS) is 16.9. The van der Waals surface area contributed by atoms with Gasteiger partial charge < -0.3 is 9.64 Å². The van der Waals surface area contributed by atoms with E-state index < -0.39 is 0 Å². The number of ether oxygens (including phenoxy) is 1. The molecule has 0 aromatic heterocycles. The van der Waals surface area contributed by atoms with E-state index in [4.69, 9.17) is 4.74 Å². The van der Waals surface area contributed by atoms with E-state index in [1.807, 2.05) is 26.8 Å². The van der Waals surface area contributed by atoms with Crippen LogP contribution in [0.4, 0.5) is 0 Å². The van der Waals surface area contributed by atoms with Gasteiger partial charge in [-0.25, -0.2) is 0 Å². The Kier molecular flexibility index (Phi) is 6.81.